The van der Waals surface area contributed by atoms with E-state index in [1.165, 1.54) is 42.5 Å². The predicted molar refractivity (Wildman–Crippen MR) is 88.6 cm³/mol. The number of hydrogen-bond acceptors (Lipinski definition) is 6. The standard InChI is InChI=1S/C15H15N3O5S/c1-2-23-13-7-9-14(10-8-13)24(21,22)17-16-11-12-5-3-4-6-15(12)18(19)20/h3-11,17H,2H2,1H3. The van der Waals surface area contributed by atoms with Crippen molar-refractivity contribution in [1.82, 2.24) is 4.83 Å². The van der Waals surface area contributed by atoms with Gasteiger partial charge in [0.05, 0.1) is 28.2 Å². The van der Waals surface area contributed by atoms with Crippen LogP contribution in [0.25, 0.3) is 0 Å². The Hall–Kier alpha value is -2.94. The van der Waals surface area contributed by atoms with E-state index in [0.29, 0.717) is 12.4 Å². The van der Waals surface area contributed by atoms with Gasteiger partial charge in [-0.05, 0) is 37.3 Å². The molecule has 24 heavy (non-hydrogen) atoms. The van der Waals surface area contributed by atoms with Crippen molar-refractivity contribution >= 4 is 21.9 Å². The SMILES string of the molecule is CCOc1ccc(S(=O)(=O)NN=Cc2ccccc2[N+](=O)[O-])cc1. The van der Waals surface area contributed by atoms with Gasteiger partial charge in [0, 0.05) is 6.07 Å². The smallest absolute Gasteiger partial charge is 0.278 e. The van der Waals surface area contributed by atoms with Crippen molar-refractivity contribution in [2.75, 3.05) is 6.61 Å². The molecule has 0 spiro atoms. The minimum atomic E-state index is -3.87. The highest BCUT2D eigenvalue weighted by atomic mass is 32.2. The number of hydrazone groups is 1. The highest BCUT2D eigenvalue weighted by molar-refractivity contribution is 7.89. The topological polar surface area (TPSA) is 111 Å². The lowest BCUT2D eigenvalue weighted by Crippen LogP contribution is -2.18. The third kappa shape index (κ3) is 4.29. The van der Waals surface area contributed by atoms with E-state index < -0.39 is 14.9 Å². The van der Waals surface area contributed by atoms with Gasteiger partial charge >= 0.3 is 0 Å². The second-order valence-corrected chi connectivity index (χ2v) is 6.23. The van der Waals surface area contributed by atoms with Crippen LogP contribution >= 0.6 is 0 Å². The van der Waals surface area contributed by atoms with Gasteiger partial charge in [-0.2, -0.15) is 13.5 Å². The number of nitro groups is 1. The monoisotopic (exact) mass is 349 g/mol. The highest BCUT2D eigenvalue weighted by Gasteiger charge is 2.14. The summed E-state index contributed by atoms with van der Waals surface area (Å²) in [7, 11) is -3.87. The number of benzene rings is 2. The summed E-state index contributed by atoms with van der Waals surface area (Å²) in [5, 5.41) is 14.5. The molecule has 0 heterocycles. The maximum Gasteiger partial charge on any atom is 0.278 e. The summed E-state index contributed by atoms with van der Waals surface area (Å²) in [6.07, 6.45) is 1.09. The average Bonchev–Trinajstić information content (AvgIpc) is 2.56. The maximum absolute atomic E-state index is 12.1. The molecule has 2 aromatic carbocycles. The third-order valence-corrected chi connectivity index (χ3v) is 4.19. The minimum absolute atomic E-state index is 0.00524. The van der Waals surface area contributed by atoms with Crippen LogP contribution in [0, 0.1) is 10.1 Å². The predicted octanol–water partition coefficient (Wildman–Crippen LogP) is 2.31. The van der Waals surface area contributed by atoms with Crippen LogP contribution in [0.15, 0.2) is 58.5 Å². The second-order valence-electron chi connectivity index (χ2n) is 4.57. The number of nitro benzene ring substituents is 1. The Balaban J connectivity index is 2.14. The van der Waals surface area contributed by atoms with E-state index in [0.717, 1.165) is 6.21 Å². The number of ether oxygens (including phenoxy) is 1. The summed E-state index contributed by atoms with van der Waals surface area (Å²) in [6, 6.07) is 11.7. The fourth-order valence-corrected chi connectivity index (χ4v) is 2.65. The zero-order valence-electron chi connectivity index (χ0n) is 12.7. The molecule has 0 aliphatic rings. The van der Waals surface area contributed by atoms with E-state index in [2.05, 4.69) is 5.10 Å². The Morgan fingerprint density at radius 2 is 1.88 bits per heavy atom. The molecule has 1 N–H and O–H groups in total. The van der Waals surface area contributed by atoms with Gasteiger partial charge in [0.15, 0.2) is 0 Å². The Morgan fingerprint density at radius 1 is 1.21 bits per heavy atom. The lowest BCUT2D eigenvalue weighted by Gasteiger charge is -2.05. The van der Waals surface area contributed by atoms with Crippen molar-refractivity contribution in [2.45, 2.75) is 11.8 Å². The van der Waals surface area contributed by atoms with Crippen molar-refractivity contribution in [3.05, 3.63) is 64.2 Å². The van der Waals surface area contributed by atoms with E-state index in [4.69, 9.17) is 4.74 Å². The molecule has 0 fully saturated rings. The van der Waals surface area contributed by atoms with E-state index in [9.17, 15) is 18.5 Å². The first-order valence-electron chi connectivity index (χ1n) is 6.95. The number of rotatable bonds is 7. The van der Waals surface area contributed by atoms with Gasteiger partial charge in [-0.25, -0.2) is 4.83 Å². The molecule has 2 rings (SSSR count). The largest absolute Gasteiger partial charge is 0.494 e. The van der Waals surface area contributed by atoms with Gasteiger partial charge in [0.2, 0.25) is 0 Å². The summed E-state index contributed by atoms with van der Waals surface area (Å²) in [4.78, 5) is 12.3. The molecule has 0 aromatic heterocycles. The van der Waals surface area contributed by atoms with E-state index in [-0.39, 0.29) is 16.1 Å². The first kappa shape index (κ1) is 17.4. The number of sulfonamides is 1. The van der Waals surface area contributed by atoms with Crippen molar-refractivity contribution in [3.8, 4) is 5.75 Å². The molecule has 0 aliphatic carbocycles. The van der Waals surface area contributed by atoms with Crippen LogP contribution in [0.5, 0.6) is 5.75 Å². The molecular formula is C15H15N3O5S. The molecule has 0 unspecified atom stereocenters. The Labute approximate surface area is 139 Å². The maximum atomic E-state index is 12.1. The summed E-state index contributed by atoms with van der Waals surface area (Å²) in [6.45, 7) is 2.30. The molecule has 0 amide bonds. The van der Waals surface area contributed by atoms with Crippen LogP contribution in [0.3, 0.4) is 0 Å². The van der Waals surface area contributed by atoms with Crippen LogP contribution in [0.2, 0.25) is 0 Å². The summed E-state index contributed by atoms with van der Waals surface area (Å²) >= 11 is 0. The van der Waals surface area contributed by atoms with Gasteiger partial charge in [-0.15, -0.1) is 0 Å². The van der Waals surface area contributed by atoms with Crippen LogP contribution in [0.1, 0.15) is 12.5 Å². The van der Waals surface area contributed by atoms with Crippen LogP contribution in [-0.2, 0) is 10.0 Å². The molecule has 0 atom stereocenters. The summed E-state index contributed by atoms with van der Waals surface area (Å²) < 4.78 is 29.5. The molecular weight excluding hydrogens is 334 g/mol. The summed E-state index contributed by atoms with van der Waals surface area (Å²) in [5.74, 6) is 0.555. The highest BCUT2D eigenvalue weighted by Crippen LogP contribution is 2.17. The van der Waals surface area contributed by atoms with Crippen molar-refractivity contribution < 1.29 is 18.1 Å². The molecule has 9 heteroatoms. The molecule has 0 bridgehead atoms. The third-order valence-electron chi connectivity index (χ3n) is 2.96. The first-order chi connectivity index (χ1) is 11.4. The van der Waals surface area contributed by atoms with Gasteiger partial charge in [0.25, 0.3) is 15.7 Å². The Bertz CT molecular complexity index is 848. The fourth-order valence-electron chi connectivity index (χ4n) is 1.86. The Morgan fingerprint density at radius 3 is 2.50 bits per heavy atom. The summed E-state index contributed by atoms with van der Waals surface area (Å²) in [5.41, 5.74) is 0.0263. The molecule has 2 aromatic rings. The molecule has 8 nitrogen and oxygen atoms in total. The van der Waals surface area contributed by atoms with Gasteiger partial charge in [-0.1, -0.05) is 12.1 Å². The fraction of sp³-hybridized carbons (Fsp3) is 0.133. The molecule has 0 aliphatic heterocycles. The van der Waals surface area contributed by atoms with Gasteiger partial charge in [0.1, 0.15) is 5.75 Å². The quantitative estimate of drug-likeness (QED) is 0.468. The molecule has 0 radical (unpaired) electrons. The zero-order valence-corrected chi connectivity index (χ0v) is 13.6. The molecule has 0 saturated heterocycles. The van der Waals surface area contributed by atoms with E-state index in [1.54, 1.807) is 6.07 Å². The molecule has 126 valence electrons. The zero-order chi connectivity index (χ0) is 17.6. The van der Waals surface area contributed by atoms with Crippen LogP contribution in [0.4, 0.5) is 5.69 Å². The van der Waals surface area contributed by atoms with E-state index >= 15 is 0 Å². The van der Waals surface area contributed by atoms with Gasteiger partial charge in [-0.3, -0.25) is 10.1 Å². The number of para-hydroxylation sites is 1. The van der Waals surface area contributed by atoms with E-state index in [1.807, 2.05) is 11.8 Å². The lowest BCUT2D eigenvalue weighted by atomic mass is 10.2. The normalized spacial score (nSPS) is 11.4. The number of nitrogens with one attached hydrogen (secondary N) is 1. The number of hydrogen-bond donors (Lipinski definition) is 1. The van der Waals surface area contributed by atoms with Crippen LogP contribution < -0.4 is 9.57 Å². The van der Waals surface area contributed by atoms with Crippen LogP contribution in [-0.4, -0.2) is 26.2 Å². The molecule has 0 saturated carbocycles. The van der Waals surface area contributed by atoms with Gasteiger partial charge < -0.3 is 4.74 Å². The number of nitrogens with zero attached hydrogens (tertiary/aromatic N) is 2. The Kier molecular flexibility index (Phi) is 5.48. The average molecular weight is 349 g/mol. The van der Waals surface area contributed by atoms with Crippen molar-refractivity contribution in [1.29, 1.82) is 0 Å². The van der Waals surface area contributed by atoms with Crippen molar-refractivity contribution in [2.24, 2.45) is 5.10 Å². The minimum Gasteiger partial charge on any atom is -0.494 e. The first-order valence-corrected chi connectivity index (χ1v) is 8.43. The lowest BCUT2D eigenvalue weighted by molar-refractivity contribution is -0.385. The second kappa shape index (κ2) is 7.55. The van der Waals surface area contributed by atoms with Crippen molar-refractivity contribution in [3.63, 3.8) is 0 Å².